The highest BCUT2D eigenvalue weighted by Gasteiger charge is 2.10. The summed E-state index contributed by atoms with van der Waals surface area (Å²) in [6.07, 6.45) is 3.19. The Morgan fingerprint density at radius 2 is 1.69 bits per heavy atom. The number of carbonyl (C=O) groups is 1. The third kappa shape index (κ3) is 5.04. The number of amides is 1. The predicted molar refractivity (Wildman–Crippen MR) is 116 cm³/mol. The molecule has 0 saturated heterocycles. The van der Waals surface area contributed by atoms with Crippen LogP contribution >= 0.6 is 0 Å². The van der Waals surface area contributed by atoms with Crippen LogP contribution in [0.3, 0.4) is 0 Å². The number of nitrogens with one attached hydrogen (secondary N) is 2. The van der Waals surface area contributed by atoms with Gasteiger partial charge < -0.3 is 20.1 Å². The Morgan fingerprint density at radius 1 is 0.931 bits per heavy atom. The fraction of sp³-hybridized carbons (Fsp3) is 0.217. The molecular formula is C23H25N3O3. The summed E-state index contributed by atoms with van der Waals surface area (Å²) in [7, 11) is 3.19. The van der Waals surface area contributed by atoms with Gasteiger partial charge in [-0.15, -0.1) is 0 Å². The number of aromatic nitrogens is 1. The molecular weight excluding hydrogens is 366 g/mol. The second-order valence-corrected chi connectivity index (χ2v) is 6.88. The molecule has 6 heteroatoms. The van der Waals surface area contributed by atoms with E-state index in [-0.39, 0.29) is 5.91 Å². The molecule has 29 heavy (non-hydrogen) atoms. The van der Waals surface area contributed by atoms with Gasteiger partial charge in [0.15, 0.2) is 0 Å². The van der Waals surface area contributed by atoms with Gasteiger partial charge >= 0.3 is 0 Å². The largest absolute Gasteiger partial charge is 0.497 e. The topological polar surface area (TPSA) is 72.5 Å². The maximum Gasteiger partial charge on any atom is 0.257 e. The Balaban J connectivity index is 1.74. The zero-order valence-corrected chi connectivity index (χ0v) is 17.0. The number of ether oxygens (including phenoxy) is 2. The predicted octanol–water partition coefficient (Wildman–Crippen LogP) is 5.22. The van der Waals surface area contributed by atoms with E-state index in [0.29, 0.717) is 28.7 Å². The Hall–Kier alpha value is -3.54. The van der Waals surface area contributed by atoms with Crippen LogP contribution in [0, 0.1) is 0 Å². The van der Waals surface area contributed by atoms with Gasteiger partial charge in [0.1, 0.15) is 11.5 Å². The number of carbonyl (C=O) groups excluding carboxylic acids is 1. The number of hydrogen-bond acceptors (Lipinski definition) is 5. The molecule has 3 aromatic rings. The van der Waals surface area contributed by atoms with E-state index >= 15 is 0 Å². The van der Waals surface area contributed by atoms with Crippen molar-refractivity contribution in [3.63, 3.8) is 0 Å². The van der Waals surface area contributed by atoms with Crippen LogP contribution in [0.5, 0.6) is 11.5 Å². The van der Waals surface area contributed by atoms with E-state index in [1.54, 1.807) is 32.5 Å². The first kappa shape index (κ1) is 20.2. The third-order valence-electron chi connectivity index (χ3n) is 4.52. The van der Waals surface area contributed by atoms with E-state index < -0.39 is 0 Å². The lowest BCUT2D eigenvalue weighted by atomic mass is 10.0. The lowest BCUT2D eigenvalue weighted by Gasteiger charge is -2.13. The van der Waals surface area contributed by atoms with Gasteiger partial charge in [0.25, 0.3) is 5.91 Å². The highest BCUT2D eigenvalue weighted by Crippen LogP contribution is 2.31. The maximum atomic E-state index is 12.6. The van der Waals surface area contributed by atoms with Crippen molar-refractivity contribution in [1.82, 2.24) is 4.98 Å². The number of hydrogen-bond donors (Lipinski definition) is 2. The van der Waals surface area contributed by atoms with Crippen LogP contribution < -0.4 is 20.1 Å². The zero-order valence-electron chi connectivity index (χ0n) is 17.0. The number of anilines is 3. The van der Waals surface area contributed by atoms with Crippen molar-refractivity contribution in [1.29, 1.82) is 0 Å². The van der Waals surface area contributed by atoms with Gasteiger partial charge in [-0.1, -0.05) is 26.0 Å². The van der Waals surface area contributed by atoms with E-state index in [1.165, 1.54) is 11.8 Å². The summed E-state index contributed by atoms with van der Waals surface area (Å²) in [5.74, 6) is 1.55. The molecule has 0 aliphatic heterocycles. The number of nitrogens with zero attached hydrogens (tertiary/aromatic N) is 1. The molecule has 0 aliphatic carbocycles. The molecule has 2 aromatic carbocycles. The van der Waals surface area contributed by atoms with Crippen LogP contribution in [-0.4, -0.2) is 25.1 Å². The van der Waals surface area contributed by atoms with Crippen LogP contribution in [0.4, 0.5) is 17.1 Å². The van der Waals surface area contributed by atoms with Gasteiger partial charge in [-0.05, 0) is 41.8 Å². The molecule has 0 radical (unpaired) electrons. The first-order valence-corrected chi connectivity index (χ1v) is 9.35. The average Bonchev–Trinajstić information content (AvgIpc) is 2.74. The minimum atomic E-state index is -0.222. The fourth-order valence-electron chi connectivity index (χ4n) is 2.84. The summed E-state index contributed by atoms with van der Waals surface area (Å²) in [6.45, 7) is 4.27. The first-order valence-electron chi connectivity index (χ1n) is 9.35. The quantitative estimate of drug-likeness (QED) is 0.578. The zero-order chi connectivity index (χ0) is 20.8. The molecule has 0 fully saturated rings. The van der Waals surface area contributed by atoms with Gasteiger partial charge in [0.2, 0.25) is 0 Å². The molecule has 0 saturated carbocycles. The maximum absolute atomic E-state index is 12.6. The number of benzene rings is 2. The van der Waals surface area contributed by atoms with Gasteiger partial charge in [0.05, 0.1) is 37.4 Å². The number of rotatable bonds is 7. The van der Waals surface area contributed by atoms with E-state index in [2.05, 4.69) is 29.5 Å². The van der Waals surface area contributed by atoms with Crippen LogP contribution in [0.2, 0.25) is 0 Å². The van der Waals surface area contributed by atoms with E-state index in [0.717, 1.165) is 11.4 Å². The summed E-state index contributed by atoms with van der Waals surface area (Å²) in [5.41, 5.74) is 3.85. The standard InChI is InChI=1S/C23H25N3O3/c1-15(2)16-5-7-18(8-6-16)26-23(27)17-11-19(14-24-13-17)25-21-10-9-20(28-3)12-22(21)29-4/h5-15,25H,1-4H3,(H,26,27). The summed E-state index contributed by atoms with van der Waals surface area (Å²) in [6, 6.07) is 15.1. The first-order chi connectivity index (χ1) is 14.0. The highest BCUT2D eigenvalue weighted by molar-refractivity contribution is 6.04. The van der Waals surface area contributed by atoms with Crippen molar-refractivity contribution in [2.75, 3.05) is 24.9 Å². The molecule has 1 aromatic heterocycles. The molecule has 1 amide bonds. The van der Waals surface area contributed by atoms with Gasteiger partial charge in [0, 0.05) is 18.0 Å². The van der Waals surface area contributed by atoms with Crippen LogP contribution in [-0.2, 0) is 0 Å². The molecule has 3 rings (SSSR count). The summed E-state index contributed by atoms with van der Waals surface area (Å²) in [5, 5.41) is 6.14. The Kier molecular flexibility index (Phi) is 6.34. The van der Waals surface area contributed by atoms with Crippen molar-refractivity contribution in [2.45, 2.75) is 19.8 Å². The summed E-state index contributed by atoms with van der Waals surface area (Å²) in [4.78, 5) is 16.8. The molecule has 1 heterocycles. The molecule has 0 atom stereocenters. The summed E-state index contributed by atoms with van der Waals surface area (Å²) >= 11 is 0. The number of methoxy groups -OCH3 is 2. The molecule has 0 unspecified atom stereocenters. The lowest BCUT2D eigenvalue weighted by Crippen LogP contribution is -2.12. The molecule has 2 N–H and O–H groups in total. The van der Waals surface area contributed by atoms with Gasteiger partial charge in [-0.25, -0.2) is 0 Å². The van der Waals surface area contributed by atoms with Crippen LogP contribution in [0.1, 0.15) is 35.7 Å². The van der Waals surface area contributed by atoms with Crippen molar-refractivity contribution in [2.24, 2.45) is 0 Å². The highest BCUT2D eigenvalue weighted by atomic mass is 16.5. The van der Waals surface area contributed by atoms with Crippen molar-refractivity contribution in [3.05, 3.63) is 72.1 Å². The Labute approximate surface area is 170 Å². The molecule has 0 aliphatic rings. The molecule has 0 spiro atoms. The van der Waals surface area contributed by atoms with E-state index in [4.69, 9.17) is 9.47 Å². The summed E-state index contributed by atoms with van der Waals surface area (Å²) < 4.78 is 10.6. The minimum absolute atomic E-state index is 0.222. The average molecular weight is 391 g/mol. The molecule has 150 valence electrons. The molecule has 6 nitrogen and oxygen atoms in total. The van der Waals surface area contributed by atoms with Crippen molar-refractivity contribution in [3.8, 4) is 11.5 Å². The Bertz CT molecular complexity index is 985. The number of pyridine rings is 1. The molecule has 0 bridgehead atoms. The monoisotopic (exact) mass is 391 g/mol. The normalized spacial score (nSPS) is 10.5. The van der Waals surface area contributed by atoms with E-state index in [1.807, 2.05) is 36.4 Å². The van der Waals surface area contributed by atoms with Gasteiger partial charge in [-0.3, -0.25) is 9.78 Å². The lowest BCUT2D eigenvalue weighted by molar-refractivity contribution is 0.102. The minimum Gasteiger partial charge on any atom is -0.497 e. The fourth-order valence-corrected chi connectivity index (χ4v) is 2.84. The SMILES string of the molecule is COc1ccc(Nc2cncc(C(=O)Nc3ccc(C(C)C)cc3)c2)c(OC)c1. The Morgan fingerprint density at radius 3 is 2.34 bits per heavy atom. The van der Waals surface area contributed by atoms with Crippen molar-refractivity contribution >= 4 is 23.0 Å². The second kappa shape index (κ2) is 9.10. The van der Waals surface area contributed by atoms with Crippen LogP contribution in [0.25, 0.3) is 0 Å². The van der Waals surface area contributed by atoms with Crippen LogP contribution in [0.15, 0.2) is 60.9 Å². The third-order valence-corrected chi connectivity index (χ3v) is 4.52. The van der Waals surface area contributed by atoms with Crippen molar-refractivity contribution < 1.29 is 14.3 Å². The smallest absolute Gasteiger partial charge is 0.257 e. The second-order valence-electron chi connectivity index (χ2n) is 6.88. The van der Waals surface area contributed by atoms with E-state index in [9.17, 15) is 4.79 Å². The van der Waals surface area contributed by atoms with Gasteiger partial charge in [-0.2, -0.15) is 0 Å².